The summed E-state index contributed by atoms with van der Waals surface area (Å²) in [4.78, 5) is 2.35. The zero-order valence-corrected chi connectivity index (χ0v) is 33.0. The molecule has 1 aromatic heterocycles. The van der Waals surface area contributed by atoms with E-state index in [2.05, 4.69) is 252 Å². The fraction of sp³-hybridized carbons (Fsp3) is 0. The van der Waals surface area contributed by atoms with Gasteiger partial charge in [-0.2, -0.15) is 0 Å². The highest BCUT2D eigenvalue weighted by atomic mass is 15.1. The maximum Gasteiger partial charge on any atom is 0.0541 e. The number of para-hydroxylation sites is 2. The van der Waals surface area contributed by atoms with E-state index in [9.17, 15) is 0 Å². The molecule has 10 aromatic carbocycles. The number of benzene rings is 10. The van der Waals surface area contributed by atoms with Crippen molar-refractivity contribution >= 4 is 49.6 Å². The maximum atomic E-state index is 2.44. The van der Waals surface area contributed by atoms with Gasteiger partial charge in [-0.05, 0) is 116 Å². The van der Waals surface area contributed by atoms with Gasteiger partial charge >= 0.3 is 0 Å². The molecule has 0 saturated heterocycles. The number of rotatable bonds is 8. The van der Waals surface area contributed by atoms with E-state index in [0.29, 0.717) is 0 Å². The molecule has 0 atom stereocenters. The van der Waals surface area contributed by atoms with Crippen LogP contribution in [0.5, 0.6) is 0 Å². The molecule has 0 fully saturated rings. The van der Waals surface area contributed by atoms with Crippen molar-refractivity contribution in [3.63, 3.8) is 0 Å². The lowest BCUT2D eigenvalue weighted by atomic mass is 9.99. The Bertz CT molecular complexity index is 3190. The van der Waals surface area contributed by atoms with Crippen molar-refractivity contribution in [2.24, 2.45) is 0 Å². The molecule has 0 saturated carbocycles. The SMILES string of the molecule is c1ccc(-c2ccc(N(c3ccc(-c4ccccc4)cc3)c3ccc(-c4ccccc4-n4c5ccccc5c5cc(-c6ccc7ccccc7c6)ccc54)cc3)cc2)cc1. The highest BCUT2D eigenvalue weighted by molar-refractivity contribution is 6.11. The number of anilines is 3. The lowest BCUT2D eigenvalue weighted by Crippen LogP contribution is -2.09. The van der Waals surface area contributed by atoms with Gasteiger partial charge in [0.1, 0.15) is 0 Å². The maximum absolute atomic E-state index is 2.44. The van der Waals surface area contributed by atoms with Crippen molar-refractivity contribution in [2.75, 3.05) is 4.90 Å². The van der Waals surface area contributed by atoms with Crippen LogP contribution < -0.4 is 4.90 Å². The average molecular weight is 765 g/mol. The minimum absolute atomic E-state index is 1.09. The van der Waals surface area contributed by atoms with Gasteiger partial charge in [0, 0.05) is 33.4 Å². The third-order valence-corrected chi connectivity index (χ3v) is 11.8. The van der Waals surface area contributed by atoms with Crippen LogP contribution in [-0.2, 0) is 0 Å². The van der Waals surface area contributed by atoms with Crippen molar-refractivity contribution in [1.82, 2.24) is 4.57 Å². The van der Waals surface area contributed by atoms with Crippen LogP contribution in [0.4, 0.5) is 17.1 Å². The largest absolute Gasteiger partial charge is 0.311 e. The Hall–Kier alpha value is -7.94. The van der Waals surface area contributed by atoms with Gasteiger partial charge in [0.25, 0.3) is 0 Å². The molecule has 11 rings (SSSR count). The Morgan fingerprint density at radius 1 is 0.267 bits per heavy atom. The molecule has 0 unspecified atom stereocenters. The number of aromatic nitrogens is 1. The lowest BCUT2D eigenvalue weighted by Gasteiger charge is -2.26. The third kappa shape index (κ3) is 6.41. The van der Waals surface area contributed by atoms with Crippen LogP contribution in [0, 0.1) is 0 Å². The summed E-state index contributed by atoms with van der Waals surface area (Å²) in [6.07, 6.45) is 0. The van der Waals surface area contributed by atoms with E-state index >= 15 is 0 Å². The molecule has 0 radical (unpaired) electrons. The van der Waals surface area contributed by atoms with Crippen LogP contribution >= 0.6 is 0 Å². The molecular weight excluding hydrogens is 725 g/mol. The molecule has 0 aliphatic rings. The van der Waals surface area contributed by atoms with E-state index < -0.39 is 0 Å². The third-order valence-electron chi connectivity index (χ3n) is 11.8. The molecule has 60 heavy (non-hydrogen) atoms. The van der Waals surface area contributed by atoms with E-state index in [1.54, 1.807) is 0 Å². The van der Waals surface area contributed by atoms with Gasteiger partial charge in [-0.3, -0.25) is 0 Å². The first-order valence-electron chi connectivity index (χ1n) is 20.6. The monoisotopic (exact) mass is 764 g/mol. The Morgan fingerprint density at radius 2 is 0.717 bits per heavy atom. The second kappa shape index (κ2) is 15.1. The standard InChI is InChI=1S/C58H40N2/c1-3-13-41(14-4-1)44-25-32-50(33-26-44)59(51-34-27-45(28-35-51)42-15-5-2-6-16-42)52-36-29-46(30-37-52)53-19-9-11-21-56(53)60-57-22-12-10-20-54(57)55-40-49(31-38-58(55)60)48-24-23-43-17-7-8-18-47(43)39-48/h1-40H. The van der Waals surface area contributed by atoms with E-state index in [1.165, 1.54) is 71.5 Å². The van der Waals surface area contributed by atoms with Crippen molar-refractivity contribution in [2.45, 2.75) is 0 Å². The summed E-state index contributed by atoms with van der Waals surface area (Å²) in [5.41, 5.74) is 16.4. The molecule has 282 valence electrons. The number of hydrogen-bond acceptors (Lipinski definition) is 1. The quantitative estimate of drug-likeness (QED) is 0.150. The van der Waals surface area contributed by atoms with Gasteiger partial charge in [0.15, 0.2) is 0 Å². The Labute approximate surface area is 350 Å². The molecule has 0 amide bonds. The number of hydrogen-bond donors (Lipinski definition) is 0. The van der Waals surface area contributed by atoms with Gasteiger partial charge in [-0.1, -0.05) is 176 Å². The molecule has 0 aliphatic carbocycles. The highest BCUT2D eigenvalue weighted by Gasteiger charge is 2.18. The summed E-state index contributed by atoms with van der Waals surface area (Å²) in [5.74, 6) is 0. The first kappa shape index (κ1) is 35.2. The van der Waals surface area contributed by atoms with Gasteiger partial charge in [-0.25, -0.2) is 0 Å². The fourth-order valence-corrected chi connectivity index (χ4v) is 8.80. The average Bonchev–Trinajstić information content (AvgIpc) is 3.66. The Kier molecular flexibility index (Phi) is 8.87. The van der Waals surface area contributed by atoms with E-state index in [1.807, 2.05) is 0 Å². The second-order valence-electron chi connectivity index (χ2n) is 15.4. The van der Waals surface area contributed by atoms with Crippen molar-refractivity contribution in [1.29, 1.82) is 0 Å². The first-order chi connectivity index (χ1) is 29.7. The lowest BCUT2D eigenvalue weighted by molar-refractivity contribution is 1.18. The van der Waals surface area contributed by atoms with Gasteiger partial charge in [0.2, 0.25) is 0 Å². The fourth-order valence-electron chi connectivity index (χ4n) is 8.80. The summed E-state index contributed by atoms with van der Waals surface area (Å²) in [6.45, 7) is 0. The van der Waals surface area contributed by atoms with Crippen LogP contribution in [0.15, 0.2) is 243 Å². The smallest absolute Gasteiger partial charge is 0.0541 e. The topological polar surface area (TPSA) is 8.17 Å². The van der Waals surface area contributed by atoms with E-state index in [-0.39, 0.29) is 0 Å². The molecule has 2 nitrogen and oxygen atoms in total. The second-order valence-corrected chi connectivity index (χ2v) is 15.4. The summed E-state index contributed by atoms with van der Waals surface area (Å²) < 4.78 is 2.44. The summed E-state index contributed by atoms with van der Waals surface area (Å²) in [5, 5.41) is 5.00. The summed E-state index contributed by atoms with van der Waals surface area (Å²) >= 11 is 0. The highest BCUT2D eigenvalue weighted by Crippen LogP contribution is 2.41. The normalized spacial score (nSPS) is 11.3. The van der Waals surface area contributed by atoms with E-state index in [0.717, 1.165) is 28.3 Å². The molecular formula is C58H40N2. The predicted molar refractivity (Wildman–Crippen MR) is 255 cm³/mol. The van der Waals surface area contributed by atoms with Crippen molar-refractivity contribution in [3.05, 3.63) is 243 Å². The summed E-state index contributed by atoms with van der Waals surface area (Å²) in [6, 6.07) is 87.8. The minimum Gasteiger partial charge on any atom is -0.311 e. The zero-order chi connectivity index (χ0) is 39.8. The Balaban J connectivity index is 0.988. The molecule has 2 heteroatoms. The predicted octanol–water partition coefficient (Wildman–Crippen LogP) is 16.1. The van der Waals surface area contributed by atoms with Crippen LogP contribution in [0.2, 0.25) is 0 Å². The summed E-state index contributed by atoms with van der Waals surface area (Å²) in [7, 11) is 0. The minimum atomic E-state index is 1.09. The molecule has 1 heterocycles. The van der Waals surface area contributed by atoms with E-state index in [4.69, 9.17) is 0 Å². The number of nitrogens with zero attached hydrogens (tertiary/aromatic N) is 2. The molecule has 11 aromatic rings. The zero-order valence-electron chi connectivity index (χ0n) is 33.0. The molecule has 0 spiro atoms. The van der Waals surface area contributed by atoms with Gasteiger partial charge in [-0.15, -0.1) is 0 Å². The van der Waals surface area contributed by atoms with Crippen LogP contribution in [-0.4, -0.2) is 4.57 Å². The van der Waals surface area contributed by atoms with Crippen LogP contribution in [0.3, 0.4) is 0 Å². The number of fused-ring (bicyclic) bond motifs is 4. The van der Waals surface area contributed by atoms with Crippen molar-refractivity contribution < 1.29 is 0 Å². The van der Waals surface area contributed by atoms with Gasteiger partial charge < -0.3 is 9.47 Å². The molecule has 0 bridgehead atoms. The van der Waals surface area contributed by atoms with Crippen LogP contribution in [0.25, 0.3) is 82.8 Å². The molecule has 0 aliphatic heterocycles. The van der Waals surface area contributed by atoms with Crippen LogP contribution in [0.1, 0.15) is 0 Å². The van der Waals surface area contributed by atoms with Gasteiger partial charge in [0.05, 0.1) is 16.7 Å². The molecule has 0 N–H and O–H groups in total. The Morgan fingerprint density at radius 3 is 1.37 bits per heavy atom. The van der Waals surface area contributed by atoms with Crippen molar-refractivity contribution in [3.8, 4) is 50.2 Å². The first-order valence-corrected chi connectivity index (χ1v) is 20.6.